The van der Waals surface area contributed by atoms with E-state index in [1.54, 1.807) is 103 Å². The van der Waals surface area contributed by atoms with Crippen LogP contribution in [0.2, 0.25) is 0 Å². The molecule has 0 spiro atoms. The smallest absolute Gasteiger partial charge is 0.254 e. The number of amides is 4. The van der Waals surface area contributed by atoms with Crippen molar-refractivity contribution in [3.63, 3.8) is 0 Å². The summed E-state index contributed by atoms with van der Waals surface area (Å²) in [5, 5.41) is 5.90. The maximum absolute atomic E-state index is 13.2. The van der Waals surface area contributed by atoms with Gasteiger partial charge in [0.25, 0.3) is 11.8 Å². The van der Waals surface area contributed by atoms with Crippen molar-refractivity contribution in [2.75, 3.05) is 37.9 Å². The van der Waals surface area contributed by atoms with Gasteiger partial charge in [-0.1, -0.05) is 0 Å². The van der Waals surface area contributed by atoms with Gasteiger partial charge in [0, 0.05) is 46.7 Å². The highest BCUT2D eigenvalue weighted by molar-refractivity contribution is 6.02. The second-order valence-electron chi connectivity index (χ2n) is 12.9. The van der Waals surface area contributed by atoms with Crippen molar-refractivity contribution < 1.29 is 33.1 Å². The summed E-state index contributed by atoms with van der Waals surface area (Å²) in [6.45, 7) is 1.03. The zero-order valence-corrected chi connectivity index (χ0v) is 29.4. The molecule has 12 nitrogen and oxygen atoms in total. The third-order valence-electron chi connectivity index (χ3n) is 9.65. The number of carbonyl (C=O) groups excluding carboxylic acids is 4. The zero-order valence-electron chi connectivity index (χ0n) is 29.4. The van der Waals surface area contributed by atoms with Gasteiger partial charge in [-0.3, -0.25) is 19.2 Å². The lowest BCUT2D eigenvalue weighted by Gasteiger charge is -2.24. The molecule has 5 aromatic rings. The second kappa shape index (κ2) is 15.4. The number of nitrogens with one attached hydrogen (secondary N) is 2. The summed E-state index contributed by atoms with van der Waals surface area (Å²) in [4.78, 5) is 60.5. The third kappa shape index (κ3) is 7.62. The van der Waals surface area contributed by atoms with E-state index in [1.165, 1.54) is 0 Å². The van der Waals surface area contributed by atoms with E-state index in [0.717, 1.165) is 24.0 Å². The zero-order chi connectivity index (χ0) is 36.9. The Morgan fingerprint density at radius 2 is 1.06 bits per heavy atom. The number of aromatic nitrogens is 1. The quantitative estimate of drug-likeness (QED) is 0.167. The van der Waals surface area contributed by atoms with Gasteiger partial charge < -0.3 is 34.3 Å². The summed E-state index contributed by atoms with van der Waals surface area (Å²) in [6.07, 6.45) is 4.30. The van der Waals surface area contributed by atoms with Crippen LogP contribution in [-0.2, 0) is 9.59 Å². The largest absolute Gasteiger partial charge is 0.497 e. The molecular weight excluding hydrogens is 674 g/mol. The Hall–Kier alpha value is -6.43. The number of likely N-dealkylation sites (tertiary alicyclic amines) is 2. The molecule has 12 heteroatoms. The van der Waals surface area contributed by atoms with E-state index in [9.17, 15) is 19.2 Å². The lowest BCUT2D eigenvalue weighted by molar-refractivity contribution is -0.120. The standard InChI is InChI=1S/C41H39N5O7/c1-51-32-19-11-28(12-20-32)40(49)45-23-3-5-34(45)37(47)43-30-15-7-26(8-16-30)36-25-42-39(53-36)27-9-17-31(18-10-27)44-38(48)35-6-4-24-46(35)41(50)29-13-21-33(52-2)22-14-29/h7-22,25,34-35H,3-6,23-24H2,1-2H3,(H,43,47)(H,44,48)/t34-,35-/m0/s1. The van der Waals surface area contributed by atoms with Gasteiger partial charge in [0.15, 0.2) is 5.76 Å². The van der Waals surface area contributed by atoms with Crippen LogP contribution in [0.4, 0.5) is 11.4 Å². The van der Waals surface area contributed by atoms with Crippen LogP contribution < -0.4 is 20.1 Å². The van der Waals surface area contributed by atoms with E-state index in [0.29, 0.717) is 71.6 Å². The molecular formula is C41H39N5O7. The summed E-state index contributed by atoms with van der Waals surface area (Å²) in [6, 6.07) is 27.0. The van der Waals surface area contributed by atoms with Gasteiger partial charge in [0.2, 0.25) is 17.7 Å². The molecule has 2 aliphatic rings. The maximum atomic E-state index is 13.2. The molecule has 2 fully saturated rings. The van der Waals surface area contributed by atoms with Crippen molar-refractivity contribution >= 4 is 35.0 Å². The first-order valence-electron chi connectivity index (χ1n) is 17.5. The van der Waals surface area contributed by atoms with E-state index in [2.05, 4.69) is 15.6 Å². The van der Waals surface area contributed by atoms with Gasteiger partial charge in [0.1, 0.15) is 23.6 Å². The third-order valence-corrected chi connectivity index (χ3v) is 9.65. The maximum Gasteiger partial charge on any atom is 0.254 e. The minimum atomic E-state index is -0.565. The molecule has 4 aromatic carbocycles. The SMILES string of the molecule is COc1ccc(C(=O)N2CCC[C@H]2C(=O)Nc2ccc(-c3cnc(-c4ccc(NC(=O)[C@@H]5CCCN5C(=O)c5ccc(OC)cc5)cc4)o3)cc2)cc1. The summed E-state index contributed by atoms with van der Waals surface area (Å²) in [5.41, 5.74) is 3.71. The van der Waals surface area contributed by atoms with E-state index in [1.807, 2.05) is 24.3 Å². The van der Waals surface area contributed by atoms with Gasteiger partial charge in [0.05, 0.1) is 20.4 Å². The average molecular weight is 714 g/mol. The Morgan fingerprint density at radius 3 is 1.49 bits per heavy atom. The molecule has 7 rings (SSSR count). The van der Waals surface area contributed by atoms with Crippen molar-refractivity contribution in [2.45, 2.75) is 37.8 Å². The summed E-state index contributed by atoms with van der Waals surface area (Å²) >= 11 is 0. The molecule has 2 aliphatic heterocycles. The van der Waals surface area contributed by atoms with Crippen LogP contribution in [0, 0.1) is 0 Å². The number of oxazole rings is 1. The number of hydrogen-bond acceptors (Lipinski definition) is 8. The summed E-state index contributed by atoms with van der Waals surface area (Å²) < 4.78 is 16.4. The molecule has 3 heterocycles. The normalized spacial score (nSPS) is 16.6. The molecule has 1 aromatic heterocycles. The summed E-state index contributed by atoms with van der Waals surface area (Å²) in [7, 11) is 3.14. The van der Waals surface area contributed by atoms with Crippen molar-refractivity contribution in [2.24, 2.45) is 0 Å². The number of carbonyl (C=O) groups is 4. The molecule has 270 valence electrons. The number of methoxy groups -OCH3 is 2. The number of ether oxygens (including phenoxy) is 2. The lowest BCUT2D eigenvalue weighted by Crippen LogP contribution is -2.43. The molecule has 0 unspecified atom stereocenters. The number of hydrogen-bond donors (Lipinski definition) is 2. The molecule has 0 aliphatic carbocycles. The van der Waals surface area contributed by atoms with Gasteiger partial charge in [-0.05, 0) is 123 Å². The van der Waals surface area contributed by atoms with E-state index >= 15 is 0 Å². The predicted octanol–water partition coefficient (Wildman–Crippen LogP) is 6.51. The molecule has 2 atom stereocenters. The molecule has 0 bridgehead atoms. The van der Waals surface area contributed by atoms with Crippen LogP contribution in [0.1, 0.15) is 46.4 Å². The fraction of sp³-hybridized carbons (Fsp3) is 0.244. The number of benzene rings is 4. The van der Waals surface area contributed by atoms with Gasteiger partial charge >= 0.3 is 0 Å². The van der Waals surface area contributed by atoms with E-state index < -0.39 is 12.1 Å². The predicted molar refractivity (Wildman–Crippen MR) is 199 cm³/mol. The molecule has 0 saturated carbocycles. The fourth-order valence-electron chi connectivity index (χ4n) is 6.77. The van der Waals surface area contributed by atoms with Crippen molar-refractivity contribution in [3.8, 4) is 34.3 Å². The molecule has 2 N–H and O–H groups in total. The van der Waals surface area contributed by atoms with Crippen LogP contribution in [0.15, 0.2) is 108 Å². The van der Waals surface area contributed by atoms with Crippen molar-refractivity contribution in [1.29, 1.82) is 0 Å². The first-order chi connectivity index (χ1) is 25.8. The Bertz CT molecular complexity index is 1950. The highest BCUT2D eigenvalue weighted by atomic mass is 16.5. The molecule has 0 radical (unpaired) electrons. The first kappa shape index (κ1) is 35.0. The minimum Gasteiger partial charge on any atom is -0.497 e. The average Bonchev–Trinajstić information content (AvgIpc) is 4.00. The van der Waals surface area contributed by atoms with Crippen molar-refractivity contribution in [1.82, 2.24) is 14.8 Å². The van der Waals surface area contributed by atoms with Crippen LogP contribution in [0.25, 0.3) is 22.8 Å². The van der Waals surface area contributed by atoms with Crippen LogP contribution >= 0.6 is 0 Å². The molecule has 4 amide bonds. The van der Waals surface area contributed by atoms with Crippen LogP contribution in [0.3, 0.4) is 0 Å². The monoisotopic (exact) mass is 713 g/mol. The van der Waals surface area contributed by atoms with Crippen molar-refractivity contribution in [3.05, 3.63) is 114 Å². The highest BCUT2D eigenvalue weighted by Crippen LogP contribution is 2.29. The van der Waals surface area contributed by atoms with E-state index in [-0.39, 0.29) is 23.6 Å². The van der Waals surface area contributed by atoms with Gasteiger partial charge in [-0.25, -0.2) is 4.98 Å². The summed E-state index contributed by atoms with van der Waals surface area (Å²) in [5.74, 6) is 1.43. The molecule has 2 saturated heterocycles. The Balaban J connectivity index is 0.940. The fourth-order valence-corrected chi connectivity index (χ4v) is 6.77. The second-order valence-corrected chi connectivity index (χ2v) is 12.9. The Morgan fingerprint density at radius 1 is 0.623 bits per heavy atom. The Labute approximate surface area is 306 Å². The Kier molecular flexibility index (Phi) is 10.2. The number of rotatable bonds is 10. The topological polar surface area (TPSA) is 143 Å². The van der Waals surface area contributed by atoms with Gasteiger partial charge in [-0.2, -0.15) is 0 Å². The first-order valence-corrected chi connectivity index (χ1v) is 17.5. The molecule has 53 heavy (non-hydrogen) atoms. The lowest BCUT2D eigenvalue weighted by atomic mass is 10.1. The van der Waals surface area contributed by atoms with E-state index in [4.69, 9.17) is 13.9 Å². The number of nitrogens with zero attached hydrogens (tertiary/aromatic N) is 3. The van der Waals surface area contributed by atoms with Crippen LogP contribution in [0.5, 0.6) is 11.5 Å². The number of anilines is 2. The van der Waals surface area contributed by atoms with Gasteiger partial charge in [-0.15, -0.1) is 0 Å². The highest BCUT2D eigenvalue weighted by Gasteiger charge is 2.36. The van der Waals surface area contributed by atoms with Crippen LogP contribution in [-0.4, -0.2) is 77.8 Å². The minimum absolute atomic E-state index is 0.184.